The first-order valence-electron chi connectivity index (χ1n) is 10.4. The first-order valence-corrected chi connectivity index (χ1v) is 10.4. The highest BCUT2D eigenvalue weighted by Gasteiger charge is 2.39. The van der Waals surface area contributed by atoms with Gasteiger partial charge in [0.1, 0.15) is 18.9 Å². The van der Waals surface area contributed by atoms with E-state index in [1.54, 1.807) is 18.2 Å². The number of benzene rings is 2. The summed E-state index contributed by atoms with van der Waals surface area (Å²) >= 11 is 0. The summed E-state index contributed by atoms with van der Waals surface area (Å²) in [4.78, 5) is 27.7. The third kappa shape index (κ3) is 4.41. The van der Waals surface area contributed by atoms with Gasteiger partial charge in [0.05, 0.1) is 24.8 Å². The van der Waals surface area contributed by atoms with Gasteiger partial charge in [-0.25, -0.2) is 0 Å². The molecule has 2 aliphatic rings. The van der Waals surface area contributed by atoms with Crippen LogP contribution in [-0.4, -0.2) is 49.2 Å². The lowest BCUT2D eigenvalue weighted by Crippen LogP contribution is -2.35. The van der Waals surface area contributed by atoms with Crippen molar-refractivity contribution in [2.75, 3.05) is 31.7 Å². The Bertz CT molecular complexity index is 1030. The van der Waals surface area contributed by atoms with Gasteiger partial charge in [-0.2, -0.15) is 0 Å². The summed E-state index contributed by atoms with van der Waals surface area (Å²) in [6.07, 6.45) is 0.0210. The molecule has 162 valence electrons. The van der Waals surface area contributed by atoms with E-state index in [1.165, 1.54) is 4.90 Å². The van der Waals surface area contributed by atoms with Gasteiger partial charge in [-0.3, -0.25) is 14.5 Å². The van der Waals surface area contributed by atoms with Crippen molar-refractivity contribution in [2.45, 2.75) is 26.9 Å². The van der Waals surface area contributed by atoms with Crippen LogP contribution in [0.4, 0.5) is 5.69 Å². The molecule has 0 aromatic heterocycles. The molecule has 0 fully saturated rings. The summed E-state index contributed by atoms with van der Waals surface area (Å²) in [6.45, 7) is 7.25. The van der Waals surface area contributed by atoms with Crippen molar-refractivity contribution in [3.8, 4) is 11.5 Å². The van der Waals surface area contributed by atoms with Crippen LogP contribution in [0.25, 0.3) is 5.57 Å². The average molecular weight is 422 g/mol. The van der Waals surface area contributed by atoms with Crippen molar-refractivity contribution in [1.82, 2.24) is 4.90 Å². The van der Waals surface area contributed by atoms with Gasteiger partial charge in [-0.15, -0.1) is 0 Å². The van der Waals surface area contributed by atoms with E-state index in [2.05, 4.69) is 5.32 Å². The number of hydrogen-bond acceptors (Lipinski definition) is 6. The minimum Gasteiger partial charge on any atom is -0.486 e. The lowest BCUT2D eigenvalue weighted by Gasteiger charge is -2.19. The Hall–Kier alpha value is -3.32. The number of anilines is 1. The smallest absolute Gasteiger partial charge is 0.278 e. The molecule has 2 heterocycles. The van der Waals surface area contributed by atoms with Crippen LogP contribution >= 0.6 is 0 Å². The third-order valence-corrected chi connectivity index (χ3v) is 5.09. The molecule has 2 aromatic rings. The van der Waals surface area contributed by atoms with Crippen molar-refractivity contribution in [1.29, 1.82) is 0 Å². The Morgan fingerprint density at radius 1 is 1.00 bits per heavy atom. The van der Waals surface area contributed by atoms with Crippen molar-refractivity contribution in [3.05, 3.63) is 59.3 Å². The first-order chi connectivity index (χ1) is 14.9. The molecule has 7 heteroatoms. The molecule has 31 heavy (non-hydrogen) atoms. The number of rotatable bonds is 7. The first kappa shape index (κ1) is 20.9. The van der Waals surface area contributed by atoms with Gasteiger partial charge in [0.15, 0.2) is 11.5 Å². The second kappa shape index (κ2) is 8.81. The van der Waals surface area contributed by atoms with Gasteiger partial charge in [0, 0.05) is 11.8 Å². The molecule has 7 nitrogen and oxygen atoms in total. The van der Waals surface area contributed by atoms with Crippen molar-refractivity contribution in [2.24, 2.45) is 0 Å². The maximum Gasteiger partial charge on any atom is 0.278 e. The molecule has 2 amide bonds. The molecule has 4 rings (SSSR count). The summed E-state index contributed by atoms with van der Waals surface area (Å²) in [5.41, 5.74) is 3.01. The zero-order chi connectivity index (χ0) is 22.0. The highest BCUT2D eigenvalue weighted by Crippen LogP contribution is 2.35. The van der Waals surface area contributed by atoms with E-state index < -0.39 is 0 Å². The van der Waals surface area contributed by atoms with Crippen LogP contribution in [0.15, 0.2) is 48.2 Å². The summed E-state index contributed by atoms with van der Waals surface area (Å²) in [5, 5.41) is 3.15. The predicted octanol–water partition coefficient (Wildman–Crippen LogP) is 3.38. The van der Waals surface area contributed by atoms with Crippen molar-refractivity contribution in [3.63, 3.8) is 0 Å². The Labute approximate surface area is 181 Å². The SMILES string of the molecule is Cc1ccc(C2=C(Nc3ccc4c(c3)OCCO4)C(=O)N(CCOC(C)C)C2=O)cc1. The van der Waals surface area contributed by atoms with Crippen LogP contribution in [0.1, 0.15) is 25.0 Å². The molecule has 0 unspecified atom stereocenters. The van der Waals surface area contributed by atoms with Crippen molar-refractivity contribution >= 4 is 23.1 Å². The van der Waals surface area contributed by atoms with Crippen LogP contribution in [0.3, 0.4) is 0 Å². The molecule has 0 bridgehead atoms. The number of amides is 2. The van der Waals surface area contributed by atoms with Crippen LogP contribution < -0.4 is 14.8 Å². The minimum atomic E-state index is -0.372. The zero-order valence-corrected chi connectivity index (χ0v) is 17.9. The fourth-order valence-electron chi connectivity index (χ4n) is 3.53. The second-order valence-electron chi connectivity index (χ2n) is 7.78. The molecule has 2 aromatic carbocycles. The molecule has 0 atom stereocenters. The zero-order valence-electron chi connectivity index (χ0n) is 17.9. The van der Waals surface area contributed by atoms with E-state index in [-0.39, 0.29) is 36.8 Å². The molecule has 0 spiro atoms. The Balaban J connectivity index is 1.66. The highest BCUT2D eigenvalue weighted by molar-refractivity contribution is 6.36. The van der Waals surface area contributed by atoms with E-state index in [4.69, 9.17) is 14.2 Å². The predicted molar refractivity (Wildman–Crippen MR) is 117 cm³/mol. The number of hydrogen-bond donors (Lipinski definition) is 1. The van der Waals surface area contributed by atoms with Gasteiger partial charge in [0.25, 0.3) is 11.8 Å². The largest absolute Gasteiger partial charge is 0.486 e. The van der Waals surface area contributed by atoms with E-state index in [1.807, 2.05) is 45.0 Å². The van der Waals surface area contributed by atoms with E-state index >= 15 is 0 Å². The van der Waals surface area contributed by atoms with Gasteiger partial charge in [-0.1, -0.05) is 29.8 Å². The van der Waals surface area contributed by atoms with Crippen LogP contribution in [-0.2, 0) is 14.3 Å². The fraction of sp³-hybridized carbons (Fsp3) is 0.333. The Kier molecular flexibility index (Phi) is 5.95. The number of carbonyl (C=O) groups is 2. The number of carbonyl (C=O) groups excluding carboxylic acids is 2. The molecule has 0 saturated heterocycles. The monoisotopic (exact) mass is 422 g/mol. The minimum absolute atomic E-state index is 0.0210. The Morgan fingerprint density at radius 3 is 2.42 bits per heavy atom. The van der Waals surface area contributed by atoms with E-state index in [0.29, 0.717) is 41.5 Å². The number of aryl methyl sites for hydroxylation is 1. The molecule has 0 radical (unpaired) electrons. The van der Waals surface area contributed by atoms with Gasteiger partial charge < -0.3 is 19.5 Å². The molecule has 0 saturated carbocycles. The van der Waals surface area contributed by atoms with Gasteiger partial charge >= 0.3 is 0 Å². The number of nitrogens with one attached hydrogen (secondary N) is 1. The second-order valence-corrected chi connectivity index (χ2v) is 7.78. The van der Waals surface area contributed by atoms with Gasteiger partial charge in [0.2, 0.25) is 0 Å². The van der Waals surface area contributed by atoms with Crippen LogP contribution in [0.2, 0.25) is 0 Å². The molecular formula is C24H26N2O5. The van der Waals surface area contributed by atoms with Crippen LogP contribution in [0.5, 0.6) is 11.5 Å². The van der Waals surface area contributed by atoms with E-state index in [0.717, 1.165) is 5.56 Å². The maximum atomic E-state index is 13.2. The average Bonchev–Trinajstić information content (AvgIpc) is 2.98. The topological polar surface area (TPSA) is 77.1 Å². The summed E-state index contributed by atoms with van der Waals surface area (Å²) in [7, 11) is 0. The molecular weight excluding hydrogens is 396 g/mol. The molecule has 0 aliphatic carbocycles. The lowest BCUT2D eigenvalue weighted by molar-refractivity contribution is -0.137. The lowest BCUT2D eigenvalue weighted by atomic mass is 10.0. The number of fused-ring (bicyclic) bond motifs is 1. The van der Waals surface area contributed by atoms with Crippen LogP contribution in [0, 0.1) is 6.92 Å². The van der Waals surface area contributed by atoms with E-state index in [9.17, 15) is 9.59 Å². The summed E-state index contributed by atoms with van der Waals surface area (Å²) in [5.74, 6) is 0.558. The molecule has 1 N–H and O–H groups in total. The quantitative estimate of drug-likeness (QED) is 0.690. The molecule has 2 aliphatic heterocycles. The fourth-order valence-corrected chi connectivity index (χ4v) is 3.53. The maximum absolute atomic E-state index is 13.2. The standard InChI is InChI=1S/C24H26N2O5/c1-15(2)29-11-10-26-23(27)21(17-6-4-16(3)5-7-17)22(24(26)28)25-18-8-9-19-20(14-18)31-13-12-30-19/h4-9,14-15,25H,10-13H2,1-3H3. The van der Waals surface area contributed by atoms with Gasteiger partial charge in [-0.05, 0) is 38.5 Å². The van der Waals surface area contributed by atoms with Crippen molar-refractivity contribution < 1.29 is 23.8 Å². The normalized spacial score (nSPS) is 15.8. The number of imide groups is 1. The number of nitrogens with zero attached hydrogens (tertiary/aromatic N) is 1. The highest BCUT2D eigenvalue weighted by atomic mass is 16.6. The summed E-state index contributed by atoms with van der Waals surface area (Å²) < 4.78 is 16.8. The number of ether oxygens (including phenoxy) is 3. The Morgan fingerprint density at radius 2 is 1.71 bits per heavy atom. The third-order valence-electron chi connectivity index (χ3n) is 5.09. The summed E-state index contributed by atoms with van der Waals surface area (Å²) in [6, 6.07) is 12.9.